The Hall–Kier alpha value is -1.47. The fourth-order valence-corrected chi connectivity index (χ4v) is 2.59. The Labute approximate surface area is 118 Å². The quantitative estimate of drug-likeness (QED) is 0.676. The summed E-state index contributed by atoms with van der Waals surface area (Å²) in [4.78, 5) is 24.3. The molecule has 0 saturated carbocycles. The predicted octanol–water partition coefficient (Wildman–Crippen LogP) is 1.78. The molecule has 1 fully saturated rings. The molecule has 1 aliphatic rings. The van der Waals surface area contributed by atoms with Crippen molar-refractivity contribution in [2.45, 2.75) is 6.42 Å². The van der Waals surface area contributed by atoms with E-state index in [4.69, 9.17) is 5.73 Å². The van der Waals surface area contributed by atoms with Gasteiger partial charge in [-0.05, 0) is 40.9 Å². The number of carbonyl (C=O) groups is 1. The van der Waals surface area contributed by atoms with Crippen LogP contribution in [-0.2, 0) is 0 Å². The minimum Gasteiger partial charge on any atom is -0.338 e. The summed E-state index contributed by atoms with van der Waals surface area (Å²) in [5, 5.41) is 10.8. The third-order valence-electron chi connectivity index (χ3n) is 3.30. The lowest BCUT2D eigenvalue weighted by molar-refractivity contribution is -0.384. The third kappa shape index (κ3) is 2.93. The van der Waals surface area contributed by atoms with Gasteiger partial charge in [0, 0.05) is 29.7 Å². The topological polar surface area (TPSA) is 89.5 Å². The van der Waals surface area contributed by atoms with Gasteiger partial charge in [0.05, 0.1) is 10.5 Å². The molecular formula is C12H14BrN3O3. The molecule has 19 heavy (non-hydrogen) atoms. The number of hydrogen-bond donors (Lipinski definition) is 1. The molecule has 7 heteroatoms. The Morgan fingerprint density at radius 2 is 2.32 bits per heavy atom. The van der Waals surface area contributed by atoms with Crippen molar-refractivity contribution in [1.82, 2.24) is 4.90 Å². The molecule has 1 unspecified atom stereocenters. The number of nitrogens with two attached hydrogens (primary N) is 1. The number of non-ortho nitro benzene ring substituents is 1. The minimum atomic E-state index is -0.504. The van der Waals surface area contributed by atoms with E-state index in [1.165, 1.54) is 18.2 Å². The molecular weight excluding hydrogens is 314 g/mol. The van der Waals surface area contributed by atoms with E-state index in [0.29, 0.717) is 35.6 Å². The van der Waals surface area contributed by atoms with Crippen LogP contribution in [0.5, 0.6) is 0 Å². The van der Waals surface area contributed by atoms with Crippen LogP contribution in [0.4, 0.5) is 5.69 Å². The van der Waals surface area contributed by atoms with Crippen LogP contribution >= 0.6 is 15.9 Å². The molecule has 0 aliphatic carbocycles. The molecule has 1 aromatic carbocycles. The molecule has 0 radical (unpaired) electrons. The van der Waals surface area contributed by atoms with E-state index >= 15 is 0 Å². The maximum absolute atomic E-state index is 12.3. The number of carbonyl (C=O) groups excluding carboxylic acids is 1. The first-order chi connectivity index (χ1) is 9.02. The Bertz CT molecular complexity index is 521. The summed E-state index contributed by atoms with van der Waals surface area (Å²) in [7, 11) is 0. The number of amides is 1. The van der Waals surface area contributed by atoms with Crippen LogP contribution in [0.25, 0.3) is 0 Å². The van der Waals surface area contributed by atoms with Gasteiger partial charge in [-0.3, -0.25) is 14.9 Å². The highest BCUT2D eigenvalue weighted by molar-refractivity contribution is 9.10. The minimum absolute atomic E-state index is 0.0823. The van der Waals surface area contributed by atoms with Crippen LogP contribution in [-0.4, -0.2) is 35.4 Å². The van der Waals surface area contributed by atoms with Gasteiger partial charge in [-0.15, -0.1) is 0 Å². The molecule has 6 nitrogen and oxygen atoms in total. The lowest BCUT2D eigenvalue weighted by Crippen LogP contribution is -2.30. The van der Waals surface area contributed by atoms with Crippen molar-refractivity contribution in [3.63, 3.8) is 0 Å². The van der Waals surface area contributed by atoms with Crippen LogP contribution in [0.15, 0.2) is 22.7 Å². The first-order valence-corrected chi connectivity index (χ1v) is 6.75. The largest absolute Gasteiger partial charge is 0.338 e. The number of halogens is 1. The smallest absolute Gasteiger partial charge is 0.270 e. The Balaban J connectivity index is 2.24. The number of likely N-dealkylation sites (tertiary alicyclic amines) is 1. The third-order valence-corrected chi connectivity index (χ3v) is 3.99. The normalized spacial score (nSPS) is 18.6. The van der Waals surface area contributed by atoms with Crippen LogP contribution in [0, 0.1) is 16.0 Å². The van der Waals surface area contributed by atoms with Gasteiger partial charge in [0.25, 0.3) is 11.6 Å². The van der Waals surface area contributed by atoms with Crippen molar-refractivity contribution >= 4 is 27.5 Å². The van der Waals surface area contributed by atoms with Gasteiger partial charge in [-0.25, -0.2) is 0 Å². The summed E-state index contributed by atoms with van der Waals surface area (Å²) in [6.45, 7) is 1.82. The molecule has 1 atom stereocenters. The molecule has 1 amide bonds. The van der Waals surface area contributed by atoms with E-state index in [2.05, 4.69) is 15.9 Å². The lowest BCUT2D eigenvalue weighted by Gasteiger charge is -2.17. The zero-order valence-electron chi connectivity index (χ0n) is 10.2. The van der Waals surface area contributed by atoms with Crippen LogP contribution in [0.3, 0.4) is 0 Å². The molecule has 2 rings (SSSR count). The van der Waals surface area contributed by atoms with Gasteiger partial charge in [-0.1, -0.05) is 0 Å². The molecule has 102 valence electrons. The summed E-state index contributed by atoms with van der Waals surface area (Å²) < 4.78 is 0.569. The SMILES string of the molecule is NCC1CCN(C(=O)c2cc([N+](=O)[O-])ccc2Br)C1. The highest BCUT2D eigenvalue weighted by atomic mass is 79.9. The van der Waals surface area contributed by atoms with Gasteiger partial charge in [0.2, 0.25) is 0 Å². The van der Waals surface area contributed by atoms with E-state index in [-0.39, 0.29) is 11.6 Å². The number of rotatable bonds is 3. The highest BCUT2D eigenvalue weighted by Gasteiger charge is 2.27. The summed E-state index contributed by atoms with van der Waals surface area (Å²) in [6.07, 6.45) is 0.884. The molecule has 0 spiro atoms. The maximum atomic E-state index is 12.3. The van der Waals surface area contributed by atoms with Crippen molar-refractivity contribution < 1.29 is 9.72 Å². The average molecular weight is 328 g/mol. The Morgan fingerprint density at radius 3 is 2.89 bits per heavy atom. The van der Waals surface area contributed by atoms with Gasteiger partial charge in [0.15, 0.2) is 0 Å². The first-order valence-electron chi connectivity index (χ1n) is 5.96. The van der Waals surface area contributed by atoms with Gasteiger partial charge in [0.1, 0.15) is 0 Å². The number of nitro benzene ring substituents is 1. The van der Waals surface area contributed by atoms with Crippen molar-refractivity contribution in [2.75, 3.05) is 19.6 Å². The second kappa shape index (κ2) is 5.66. The number of benzene rings is 1. The van der Waals surface area contributed by atoms with E-state index in [0.717, 1.165) is 6.42 Å². The van der Waals surface area contributed by atoms with Crippen LogP contribution < -0.4 is 5.73 Å². The number of nitrogens with zero attached hydrogens (tertiary/aromatic N) is 2. The first kappa shape index (κ1) is 14.0. The second-order valence-corrected chi connectivity index (χ2v) is 5.42. The van der Waals surface area contributed by atoms with E-state index in [1.54, 1.807) is 4.90 Å². The second-order valence-electron chi connectivity index (χ2n) is 4.56. The zero-order valence-corrected chi connectivity index (χ0v) is 11.8. The van der Waals surface area contributed by atoms with Gasteiger partial charge < -0.3 is 10.6 Å². The fourth-order valence-electron chi connectivity index (χ4n) is 2.17. The summed E-state index contributed by atoms with van der Waals surface area (Å²) in [5.41, 5.74) is 5.84. The van der Waals surface area contributed by atoms with Crippen LogP contribution in [0.2, 0.25) is 0 Å². The van der Waals surface area contributed by atoms with Gasteiger partial charge in [-0.2, -0.15) is 0 Å². The molecule has 1 aliphatic heterocycles. The standard InChI is InChI=1S/C12H14BrN3O3/c13-11-2-1-9(16(18)19)5-10(11)12(17)15-4-3-8(6-14)7-15/h1-2,5,8H,3-4,6-7,14H2. The molecule has 1 aromatic rings. The highest BCUT2D eigenvalue weighted by Crippen LogP contribution is 2.26. The van der Waals surface area contributed by atoms with Crippen LogP contribution in [0.1, 0.15) is 16.8 Å². The average Bonchev–Trinajstić information content (AvgIpc) is 2.87. The number of hydrogen-bond acceptors (Lipinski definition) is 4. The van der Waals surface area contributed by atoms with E-state index in [9.17, 15) is 14.9 Å². The maximum Gasteiger partial charge on any atom is 0.270 e. The molecule has 0 aromatic heterocycles. The van der Waals surface area contributed by atoms with E-state index in [1.807, 2.05) is 0 Å². The van der Waals surface area contributed by atoms with Gasteiger partial charge >= 0.3 is 0 Å². The lowest BCUT2D eigenvalue weighted by atomic mass is 10.1. The van der Waals surface area contributed by atoms with Crippen molar-refractivity contribution in [2.24, 2.45) is 11.7 Å². The summed E-state index contributed by atoms with van der Waals surface area (Å²) in [6, 6.07) is 4.21. The molecule has 1 heterocycles. The summed E-state index contributed by atoms with van der Waals surface area (Å²) >= 11 is 3.26. The van der Waals surface area contributed by atoms with Crippen molar-refractivity contribution in [3.8, 4) is 0 Å². The molecule has 2 N–H and O–H groups in total. The molecule has 0 bridgehead atoms. The Kier molecular flexibility index (Phi) is 4.16. The monoisotopic (exact) mass is 327 g/mol. The Morgan fingerprint density at radius 1 is 1.58 bits per heavy atom. The summed E-state index contributed by atoms with van der Waals surface area (Å²) in [5.74, 6) is 0.132. The number of nitro groups is 1. The predicted molar refractivity (Wildman–Crippen MR) is 73.9 cm³/mol. The van der Waals surface area contributed by atoms with Crippen molar-refractivity contribution in [1.29, 1.82) is 0 Å². The van der Waals surface area contributed by atoms with E-state index < -0.39 is 4.92 Å². The van der Waals surface area contributed by atoms with Crippen molar-refractivity contribution in [3.05, 3.63) is 38.3 Å². The fraction of sp³-hybridized carbons (Fsp3) is 0.417. The zero-order chi connectivity index (χ0) is 14.0. The molecule has 1 saturated heterocycles.